The van der Waals surface area contributed by atoms with Crippen molar-refractivity contribution < 1.29 is 0 Å². The summed E-state index contributed by atoms with van der Waals surface area (Å²) in [5.41, 5.74) is 7.70. The molecule has 2 nitrogen and oxygen atoms in total. The molecule has 0 radical (unpaired) electrons. The topological polar surface area (TPSA) is 29.3 Å². The molecule has 0 aliphatic carbocycles. The smallest absolute Gasteiger partial charge is 0.0638 e. The number of nitrogen functional groups attached to an aromatic ring is 1. The van der Waals surface area contributed by atoms with Gasteiger partial charge in [-0.3, -0.25) is 4.90 Å². The van der Waals surface area contributed by atoms with E-state index in [1.54, 1.807) is 0 Å². The highest BCUT2D eigenvalue weighted by Gasteiger charge is 2.21. The molecule has 0 bridgehead atoms. The van der Waals surface area contributed by atoms with Crippen molar-refractivity contribution in [2.24, 2.45) is 0 Å². The summed E-state index contributed by atoms with van der Waals surface area (Å²) in [6, 6.07) is 6.77. The molecule has 1 unspecified atom stereocenters. The maximum Gasteiger partial charge on any atom is 0.0638 e. The molecule has 0 aromatic heterocycles. The monoisotopic (exact) mass is 266 g/mol. The molecule has 1 aliphatic heterocycles. The lowest BCUT2D eigenvalue weighted by Gasteiger charge is -2.35. The standard InChI is InChI=1S/C15H23ClN2/c1-2-5-13-6-3-4-9-18(13)11-12-7-8-15(17)14(16)10-12/h7-8,10,13H,2-6,9,11,17H2,1H3. The number of piperidine rings is 1. The van der Waals surface area contributed by atoms with E-state index in [9.17, 15) is 0 Å². The van der Waals surface area contributed by atoms with Gasteiger partial charge in [-0.05, 0) is 43.5 Å². The number of hydrogen-bond donors (Lipinski definition) is 1. The van der Waals surface area contributed by atoms with Crippen LogP contribution in [0.1, 0.15) is 44.6 Å². The molecule has 1 heterocycles. The maximum atomic E-state index is 6.09. The van der Waals surface area contributed by atoms with Gasteiger partial charge in [0.05, 0.1) is 10.7 Å². The Morgan fingerprint density at radius 1 is 1.39 bits per heavy atom. The Kier molecular flexibility index (Phi) is 4.90. The Morgan fingerprint density at radius 2 is 2.22 bits per heavy atom. The van der Waals surface area contributed by atoms with Crippen LogP contribution in [0, 0.1) is 0 Å². The summed E-state index contributed by atoms with van der Waals surface area (Å²) in [5.74, 6) is 0. The number of likely N-dealkylation sites (tertiary alicyclic amines) is 1. The lowest BCUT2D eigenvalue weighted by Crippen LogP contribution is -2.38. The first-order valence-corrected chi connectivity index (χ1v) is 7.36. The molecule has 0 amide bonds. The second-order valence-electron chi connectivity index (χ2n) is 5.26. The van der Waals surface area contributed by atoms with E-state index in [-0.39, 0.29) is 0 Å². The quantitative estimate of drug-likeness (QED) is 0.832. The van der Waals surface area contributed by atoms with Crippen molar-refractivity contribution in [3.63, 3.8) is 0 Å². The molecule has 2 N–H and O–H groups in total. The van der Waals surface area contributed by atoms with Gasteiger partial charge in [0.1, 0.15) is 0 Å². The van der Waals surface area contributed by atoms with Crippen molar-refractivity contribution >= 4 is 17.3 Å². The summed E-state index contributed by atoms with van der Waals surface area (Å²) >= 11 is 6.09. The third kappa shape index (κ3) is 3.39. The molecule has 1 aliphatic rings. The molecule has 0 saturated carbocycles. The lowest BCUT2D eigenvalue weighted by atomic mass is 9.97. The summed E-state index contributed by atoms with van der Waals surface area (Å²) in [6.07, 6.45) is 6.62. The predicted octanol–water partition coefficient (Wildman–Crippen LogP) is 4.08. The van der Waals surface area contributed by atoms with E-state index in [4.69, 9.17) is 17.3 Å². The number of nitrogens with two attached hydrogens (primary N) is 1. The molecule has 3 heteroatoms. The Labute approximate surface area is 115 Å². The van der Waals surface area contributed by atoms with Gasteiger partial charge in [0.25, 0.3) is 0 Å². The van der Waals surface area contributed by atoms with Crippen LogP contribution in [-0.4, -0.2) is 17.5 Å². The van der Waals surface area contributed by atoms with E-state index in [1.165, 1.54) is 44.2 Å². The van der Waals surface area contributed by atoms with Gasteiger partial charge in [-0.25, -0.2) is 0 Å². The number of rotatable bonds is 4. The van der Waals surface area contributed by atoms with E-state index in [0.717, 1.165) is 12.6 Å². The van der Waals surface area contributed by atoms with Gasteiger partial charge in [0.2, 0.25) is 0 Å². The van der Waals surface area contributed by atoms with Crippen molar-refractivity contribution in [1.29, 1.82) is 0 Å². The highest BCUT2D eigenvalue weighted by Crippen LogP contribution is 2.25. The Bertz CT molecular complexity index is 390. The van der Waals surface area contributed by atoms with Crippen molar-refractivity contribution in [2.75, 3.05) is 12.3 Å². The molecule has 0 spiro atoms. The second-order valence-corrected chi connectivity index (χ2v) is 5.67. The zero-order valence-corrected chi connectivity index (χ0v) is 11.9. The average molecular weight is 267 g/mol. The normalized spacial score (nSPS) is 21.1. The summed E-state index contributed by atoms with van der Waals surface area (Å²) < 4.78 is 0. The Balaban J connectivity index is 2.03. The van der Waals surface area contributed by atoms with Crippen LogP contribution in [0.3, 0.4) is 0 Å². The zero-order chi connectivity index (χ0) is 13.0. The fourth-order valence-corrected chi connectivity index (χ4v) is 3.03. The number of anilines is 1. The third-order valence-electron chi connectivity index (χ3n) is 3.82. The molecule has 1 aromatic rings. The van der Waals surface area contributed by atoms with Gasteiger partial charge < -0.3 is 5.73 Å². The van der Waals surface area contributed by atoms with Gasteiger partial charge in [0.15, 0.2) is 0 Å². The molecule has 2 rings (SSSR count). The SMILES string of the molecule is CCCC1CCCCN1Cc1ccc(N)c(Cl)c1. The minimum Gasteiger partial charge on any atom is -0.398 e. The minimum absolute atomic E-state index is 0.671. The van der Waals surface area contributed by atoms with Crippen LogP contribution in [0.4, 0.5) is 5.69 Å². The summed E-state index contributed by atoms with van der Waals surface area (Å²) in [7, 11) is 0. The largest absolute Gasteiger partial charge is 0.398 e. The van der Waals surface area contributed by atoms with Crippen molar-refractivity contribution in [2.45, 2.75) is 51.6 Å². The van der Waals surface area contributed by atoms with Gasteiger partial charge in [-0.2, -0.15) is 0 Å². The van der Waals surface area contributed by atoms with Crippen LogP contribution in [0.15, 0.2) is 18.2 Å². The van der Waals surface area contributed by atoms with Crippen LogP contribution < -0.4 is 5.73 Å². The lowest BCUT2D eigenvalue weighted by molar-refractivity contribution is 0.131. The van der Waals surface area contributed by atoms with E-state index >= 15 is 0 Å². The van der Waals surface area contributed by atoms with Crippen LogP contribution in [0.2, 0.25) is 5.02 Å². The molecule has 1 aromatic carbocycles. The first-order chi connectivity index (χ1) is 8.70. The molecule has 100 valence electrons. The highest BCUT2D eigenvalue weighted by atomic mass is 35.5. The van der Waals surface area contributed by atoms with Gasteiger partial charge >= 0.3 is 0 Å². The van der Waals surface area contributed by atoms with Crippen molar-refractivity contribution in [3.05, 3.63) is 28.8 Å². The zero-order valence-electron chi connectivity index (χ0n) is 11.2. The van der Waals surface area contributed by atoms with E-state index < -0.39 is 0 Å². The summed E-state index contributed by atoms with van der Waals surface area (Å²) in [4.78, 5) is 2.61. The molecular weight excluding hydrogens is 244 g/mol. The van der Waals surface area contributed by atoms with Crippen molar-refractivity contribution in [3.8, 4) is 0 Å². The van der Waals surface area contributed by atoms with Gasteiger partial charge in [-0.15, -0.1) is 0 Å². The molecular formula is C15H23ClN2. The van der Waals surface area contributed by atoms with Gasteiger partial charge in [-0.1, -0.05) is 37.4 Å². The highest BCUT2D eigenvalue weighted by molar-refractivity contribution is 6.33. The van der Waals surface area contributed by atoms with Crippen LogP contribution in [0.5, 0.6) is 0 Å². The van der Waals surface area contributed by atoms with Crippen molar-refractivity contribution in [1.82, 2.24) is 4.90 Å². The van der Waals surface area contributed by atoms with Crippen LogP contribution in [0.25, 0.3) is 0 Å². The maximum absolute atomic E-state index is 6.09. The van der Waals surface area contributed by atoms with E-state index in [1.807, 2.05) is 12.1 Å². The fourth-order valence-electron chi connectivity index (χ4n) is 2.83. The Hall–Kier alpha value is -0.730. The molecule has 1 atom stereocenters. The average Bonchev–Trinajstić information content (AvgIpc) is 2.37. The third-order valence-corrected chi connectivity index (χ3v) is 4.15. The van der Waals surface area contributed by atoms with E-state index in [0.29, 0.717) is 10.7 Å². The second kappa shape index (κ2) is 6.44. The molecule has 18 heavy (non-hydrogen) atoms. The van der Waals surface area contributed by atoms with Crippen LogP contribution >= 0.6 is 11.6 Å². The first-order valence-electron chi connectivity index (χ1n) is 6.98. The number of halogens is 1. The summed E-state index contributed by atoms with van der Waals surface area (Å²) in [5, 5.41) is 0.677. The summed E-state index contributed by atoms with van der Waals surface area (Å²) in [6.45, 7) is 4.49. The van der Waals surface area contributed by atoms with E-state index in [2.05, 4.69) is 17.9 Å². The fraction of sp³-hybridized carbons (Fsp3) is 0.600. The Morgan fingerprint density at radius 3 is 2.94 bits per heavy atom. The molecule has 1 fully saturated rings. The first kappa shape index (κ1) is 13.7. The van der Waals surface area contributed by atoms with Crippen LogP contribution in [-0.2, 0) is 6.54 Å². The number of benzene rings is 1. The minimum atomic E-state index is 0.671. The number of nitrogens with zero attached hydrogens (tertiary/aromatic N) is 1. The van der Waals surface area contributed by atoms with Gasteiger partial charge in [0, 0.05) is 12.6 Å². The number of hydrogen-bond acceptors (Lipinski definition) is 2. The molecule has 1 saturated heterocycles. The predicted molar refractivity (Wildman–Crippen MR) is 78.8 cm³/mol.